The molecule has 1 atom stereocenters. The lowest BCUT2D eigenvalue weighted by Crippen LogP contribution is -2.30. The van der Waals surface area contributed by atoms with Crippen LogP contribution in [0.1, 0.15) is 245 Å². The van der Waals surface area contributed by atoms with E-state index in [0.717, 1.165) is 96.3 Å². The highest BCUT2D eigenvalue weighted by Crippen LogP contribution is 2.15. The van der Waals surface area contributed by atoms with Crippen molar-refractivity contribution in [1.29, 1.82) is 0 Å². The summed E-state index contributed by atoms with van der Waals surface area (Å²) in [6, 6.07) is 0. The van der Waals surface area contributed by atoms with Crippen molar-refractivity contribution in [3.63, 3.8) is 0 Å². The summed E-state index contributed by atoms with van der Waals surface area (Å²) in [6.45, 7) is 6.48. The Balaban J connectivity index is 4.35. The van der Waals surface area contributed by atoms with Gasteiger partial charge in [0.1, 0.15) is 13.2 Å². The summed E-state index contributed by atoms with van der Waals surface area (Å²) in [7, 11) is 0. The molecule has 0 amide bonds. The van der Waals surface area contributed by atoms with Crippen LogP contribution in [0.2, 0.25) is 0 Å². The zero-order chi connectivity index (χ0) is 40.8. The van der Waals surface area contributed by atoms with E-state index in [0.29, 0.717) is 19.3 Å². The Morgan fingerprint density at radius 2 is 0.714 bits per heavy atom. The van der Waals surface area contributed by atoms with Crippen molar-refractivity contribution in [3.05, 3.63) is 36.5 Å². The molecule has 6 heteroatoms. The second-order valence-corrected chi connectivity index (χ2v) is 16.0. The summed E-state index contributed by atoms with van der Waals surface area (Å²) in [5.41, 5.74) is 0. The first-order valence-corrected chi connectivity index (χ1v) is 24.0. The Labute approximate surface area is 346 Å². The molecule has 0 aromatic heterocycles. The second-order valence-electron chi connectivity index (χ2n) is 16.0. The third-order valence-electron chi connectivity index (χ3n) is 10.4. The number of allylic oxidation sites excluding steroid dienone is 6. The summed E-state index contributed by atoms with van der Waals surface area (Å²) in [5.74, 6) is -0.898. The number of esters is 3. The fourth-order valence-corrected chi connectivity index (χ4v) is 6.75. The Kier molecular flexibility index (Phi) is 43.4. The standard InChI is InChI=1S/C50H90O6/c1-4-7-10-13-16-19-22-24-25-26-29-31-34-37-40-43-49(52)55-46-47(45-54-48(51)42-39-36-33-30-27-21-18-15-12-9-6-3)56-50(53)44-41-38-35-32-28-23-20-17-14-11-8-5-2/h8,11,15,17-18,20,47H,4-7,9-10,12-14,16,19,21-46H2,1-3H3/b11-8-,18-15-,20-17-. The third kappa shape index (κ3) is 42.8. The van der Waals surface area contributed by atoms with Crippen LogP contribution in [0.25, 0.3) is 0 Å². The largest absolute Gasteiger partial charge is 0.462 e. The highest BCUT2D eigenvalue weighted by molar-refractivity contribution is 5.71. The van der Waals surface area contributed by atoms with Crippen molar-refractivity contribution in [3.8, 4) is 0 Å². The number of ether oxygens (including phenoxy) is 3. The maximum Gasteiger partial charge on any atom is 0.306 e. The smallest absolute Gasteiger partial charge is 0.306 e. The molecule has 0 spiro atoms. The maximum atomic E-state index is 12.7. The minimum absolute atomic E-state index is 0.0781. The average molecular weight is 787 g/mol. The zero-order valence-corrected chi connectivity index (χ0v) is 37.2. The minimum atomic E-state index is -0.777. The van der Waals surface area contributed by atoms with Crippen molar-refractivity contribution < 1.29 is 28.6 Å². The van der Waals surface area contributed by atoms with Crippen LogP contribution in [0.3, 0.4) is 0 Å². The van der Waals surface area contributed by atoms with Crippen LogP contribution in [0.4, 0.5) is 0 Å². The Bertz CT molecular complexity index is 953. The van der Waals surface area contributed by atoms with Gasteiger partial charge in [0.25, 0.3) is 0 Å². The molecule has 0 rings (SSSR count). The molecular weight excluding hydrogens is 697 g/mol. The number of hydrogen-bond acceptors (Lipinski definition) is 6. The van der Waals surface area contributed by atoms with E-state index in [1.54, 1.807) is 0 Å². The maximum absolute atomic E-state index is 12.7. The number of carbonyl (C=O) groups is 3. The average Bonchev–Trinajstić information content (AvgIpc) is 3.19. The summed E-state index contributed by atoms with van der Waals surface area (Å²) >= 11 is 0. The molecule has 1 unspecified atom stereocenters. The van der Waals surface area contributed by atoms with Gasteiger partial charge in [-0.05, 0) is 64.2 Å². The molecule has 0 aromatic rings. The molecule has 0 radical (unpaired) electrons. The molecular formula is C50H90O6. The van der Waals surface area contributed by atoms with Crippen molar-refractivity contribution in [2.45, 2.75) is 252 Å². The molecule has 0 N–H and O–H groups in total. The first-order valence-electron chi connectivity index (χ1n) is 24.0. The predicted molar refractivity (Wildman–Crippen MR) is 238 cm³/mol. The van der Waals surface area contributed by atoms with E-state index in [2.05, 4.69) is 57.2 Å². The van der Waals surface area contributed by atoms with E-state index in [1.165, 1.54) is 109 Å². The molecule has 0 bridgehead atoms. The molecule has 0 aliphatic rings. The van der Waals surface area contributed by atoms with E-state index in [-0.39, 0.29) is 31.1 Å². The number of carbonyl (C=O) groups excluding carboxylic acids is 3. The van der Waals surface area contributed by atoms with E-state index < -0.39 is 6.10 Å². The molecule has 0 aliphatic carbocycles. The van der Waals surface area contributed by atoms with Gasteiger partial charge < -0.3 is 14.2 Å². The van der Waals surface area contributed by atoms with Crippen molar-refractivity contribution >= 4 is 17.9 Å². The van der Waals surface area contributed by atoms with Gasteiger partial charge in [-0.25, -0.2) is 0 Å². The highest BCUT2D eigenvalue weighted by atomic mass is 16.6. The topological polar surface area (TPSA) is 78.9 Å². The van der Waals surface area contributed by atoms with E-state index in [9.17, 15) is 14.4 Å². The van der Waals surface area contributed by atoms with E-state index in [1.807, 2.05) is 0 Å². The van der Waals surface area contributed by atoms with Crippen molar-refractivity contribution in [2.24, 2.45) is 0 Å². The van der Waals surface area contributed by atoms with Crippen LogP contribution in [0.5, 0.6) is 0 Å². The Morgan fingerprint density at radius 1 is 0.375 bits per heavy atom. The van der Waals surface area contributed by atoms with Gasteiger partial charge in [0, 0.05) is 19.3 Å². The van der Waals surface area contributed by atoms with Gasteiger partial charge in [0.05, 0.1) is 0 Å². The zero-order valence-electron chi connectivity index (χ0n) is 37.2. The molecule has 0 aromatic carbocycles. The lowest BCUT2D eigenvalue weighted by atomic mass is 10.0. The monoisotopic (exact) mass is 787 g/mol. The van der Waals surface area contributed by atoms with Crippen LogP contribution in [-0.2, 0) is 28.6 Å². The quantitative estimate of drug-likeness (QED) is 0.0265. The summed E-state index contributed by atoms with van der Waals surface area (Å²) in [6.07, 6.45) is 51.3. The van der Waals surface area contributed by atoms with Crippen LogP contribution in [0.15, 0.2) is 36.5 Å². The molecule has 56 heavy (non-hydrogen) atoms. The fraction of sp³-hybridized carbons (Fsp3) is 0.820. The number of hydrogen-bond donors (Lipinski definition) is 0. The molecule has 0 saturated carbocycles. The SMILES string of the molecule is CC/C=C\C/C=C\CCCCCCCC(=O)OC(COC(=O)CCCCCCC/C=C\CCCC)COC(=O)CCCCCCCCCCCCCCCCC. The van der Waals surface area contributed by atoms with Crippen LogP contribution < -0.4 is 0 Å². The van der Waals surface area contributed by atoms with Crippen LogP contribution in [0, 0.1) is 0 Å². The normalized spacial score (nSPS) is 12.3. The van der Waals surface area contributed by atoms with E-state index >= 15 is 0 Å². The molecule has 0 saturated heterocycles. The van der Waals surface area contributed by atoms with Gasteiger partial charge >= 0.3 is 17.9 Å². The minimum Gasteiger partial charge on any atom is -0.462 e. The second kappa shape index (κ2) is 45.3. The Hall–Kier alpha value is -2.37. The first-order chi connectivity index (χ1) is 27.5. The molecule has 0 aliphatic heterocycles. The highest BCUT2D eigenvalue weighted by Gasteiger charge is 2.19. The lowest BCUT2D eigenvalue weighted by molar-refractivity contribution is -0.167. The molecule has 0 heterocycles. The van der Waals surface area contributed by atoms with Gasteiger partial charge in [-0.1, -0.05) is 198 Å². The molecule has 0 fully saturated rings. The summed E-state index contributed by atoms with van der Waals surface area (Å²) in [5, 5.41) is 0. The van der Waals surface area contributed by atoms with Crippen molar-refractivity contribution in [2.75, 3.05) is 13.2 Å². The van der Waals surface area contributed by atoms with Gasteiger partial charge in [0.2, 0.25) is 0 Å². The lowest BCUT2D eigenvalue weighted by Gasteiger charge is -2.18. The summed E-state index contributed by atoms with van der Waals surface area (Å²) < 4.78 is 16.7. The first kappa shape index (κ1) is 53.6. The van der Waals surface area contributed by atoms with Gasteiger partial charge in [-0.15, -0.1) is 0 Å². The van der Waals surface area contributed by atoms with Gasteiger partial charge in [0.15, 0.2) is 6.10 Å². The number of unbranched alkanes of at least 4 members (excludes halogenated alkanes) is 26. The van der Waals surface area contributed by atoms with Crippen LogP contribution in [-0.4, -0.2) is 37.2 Å². The third-order valence-corrected chi connectivity index (χ3v) is 10.4. The fourth-order valence-electron chi connectivity index (χ4n) is 6.75. The predicted octanol–water partition coefficient (Wildman–Crippen LogP) is 15.4. The molecule has 326 valence electrons. The Morgan fingerprint density at radius 3 is 1.14 bits per heavy atom. The van der Waals surface area contributed by atoms with Crippen LogP contribution >= 0.6 is 0 Å². The van der Waals surface area contributed by atoms with Gasteiger partial charge in [-0.2, -0.15) is 0 Å². The van der Waals surface area contributed by atoms with Crippen molar-refractivity contribution in [1.82, 2.24) is 0 Å². The van der Waals surface area contributed by atoms with E-state index in [4.69, 9.17) is 14.2 Å². The number of rotatable bonds is 43. The molecule has 6 nitrogen and oxygen atoms in total. The summed E-state index contributed by atoms with van der Waals surface area (Å²) in [4.78, 5) is 37.8. The van der Waals surface area contributed by atoms with Gasteiger partial charge in [-0.3, -0.25) is 14.4 Å².